The minimum atomic E-state index is 0.716. The Balaban J connectivity index is 1.83. The predicted octanol–water partition coefficient (Wildman–Crippen LogP) is 5.53. The van der Waals surface area contributed by atoms with Gasteiger partial charge in [-0.05, 0) is 74.8 Å². The maximum atomic E-state index is 6.22. The van der Waals surface area contributed by atoms with Gasteiger partial charge in [0, 0.05) is 4.88 Å². The van der Waals surface area contributed by atoms with Gasteiger partial charge in [0.2, 0.25) is 5.88 Å². The zero-order valence-electron chi connectivity index (χ0n) is 14.6. The van der Waals surface area contributed by atoms with Crippen molar-refractivity contribution in [2.45, 2.75) is 47.0 Å². The van der Waals surface area contributed by atoms with E-state index < -0.39 is 0 Å². The summed E-state index contributed by atoms with van der Waals surface area (Å²) in [6.07, 6.45) is 3.49. The minimum absolute atomic E-state index is 0.716. The van der Waals surface area contributed by atoms with Gasteiger partial charge < -0.3 is 4.74 Å². The van der Waals surface area contributed by atoms with Gasteiger partial charge in [-0.1, -0.05) is 13.0 Å². The van der Waals surface area contributed by atoms with Gasteiger partial charge in [0.25, 0.3) is 0 Å². The molecule has 0 radical (unpaired) electrons. The lowest BCUT2D eigenvalue weighted by molar-refractivity contribution is 0.464. The summed E-state index contributed by atoms with van der Waals surface area (Å²) in [7, 11) is 0. The van der Waals surface area contributed by atoms with Gasteiger partial charge >= 0.3 is 0 Å². The van der Waals surface area contributed by atoms with Gasteiger partial charge in [0.15, 0.2) is 0 Å². The standard InChI is InChI=1S/C20H22N2OS/c1-11-5-8-16-17(9-11)24-20-18(16)19(21-14(4)22-20)23-15-7-6-12(2)13(3)10-15/h6-7,10-11H,5,8-9H2,1-4H3/t11-/m0/s1. The minimum Gasteiger partial charge on any atom is -0.438 e. The second-order valence-electron chi connectivity index (χ2n) is 6.96. The van der Waals surface area contributed by atoms with E-state index in [4.69, 9.17) is 4.74 Å². The third kappa shape index (κ3) is 2.69. The van der Waals surface area contributed by atoms with Crippen molar-refractivity contribution in [3.63, 3.8) is 0 Å². The lowest BCUT2D eigenvalue weighted by Crippen LogP contribution is -2.08. The summed E-state index contributed by atoms with van der Waals surface area (Å²) >= 11 is 1.82. The van der Waals surface area contributed by atoms with E-state index in [9.17, 15) is 0 Å². The van der Waals surface area contributed by atoms with Crippen LogP contribution < -0.4 is 4.74 Å². The molecule has 0 N–H and O–H groups in total. The third-order valence-electron chi connectivity index (χ3n) is 4.93. The van der Waals surface area contributed by atoms with Gasteiger partial charge in [0.1, 0.15) is 16.4 Å². The summed E-state index contributed by atoms with van der Waals surface area (Å²) in [6, 6.07) is 6.20. The first-order valence-electron chi connectivity index (χ1n) is 8.55. The van der Waals surface area contributed by atoms with E-state index in [1.165, 1.54) is 28.0 Å². The normalized spacial score (nSPS) is 17.1. The molecule has 24 heavy (non-hydrogen) atoms. The fraction of sp³-hybridized carbons (Fsp3) is 0.400. The van der Waals surface area contributed by atoms with Gasteiger partial charge in [-0.25, -0.2) is 4.98 Å². The number of hydrogen-bond acceptors (Lipinski definition) is 4. The number of fused-ring (bicyclic) bond motifs is 3. The second kappa shape index (κ2) is 5.85. The molecule has 2 aromatic heterocycles. The van der Waals surface area contributed by atoms with Crippen molar-refractivity contribution in [3.8, 4) is 11.6 Å². The quantitative estimate of drug-likeness (QED) is 0.616. The van der Waals surface area contributed by atoms with E-state index in [0.29, 0.717) is 5.88 Å². The molecular weight excluding hydrogens is 316 g/mol. The molecule has 0 bridgehead atoms. The molecule has 4 heteroatoms. The summed E-state index contributed by atoms with van der Waals surface area (Å²) in [4.78, 5) is 11.8. The monoisotopic (exact) mass is 338 g/mol. The molecule has 0 saturated heterocycles. The number of nitrogens with zero attached hydrogens (tertiary/aromatic N) is 2. The average Bonchev–Trinajstić information content (AvgIpc) is 2.87. The summed E-state index contributed by atoms with van der Waals surface area (Å²) < 4.78 is 6.22. The van der Waals surface area contributed by atoms with Crippen LogP contribution in [0.1, 0.15) is 40.7 Å². The Kier molecular flexibility index (Phi) is 3.80. The summed E-state index contributed by atoms with van der Waals surface area (Å²) in [5.74, 6) is 3.09. The lowest BCUT2D eigenvalue weighted by Gasteiger charge is -2.18. The number of benzene rings is 1. The van der Waals surface area contributed by atoms with E-state index in [1.54, 1.807) is 0 Å². The lowest BCUT2D eigenvalue weighted by atomic mass is 9.89. The van der Waals surface area contributed by atoms with E-state index in [-0.39, 0.29) is 0 Å². The number of thiophene rings is 1. The van der Waals surface area contributed by atoms with Gasteiger partial charge in [-0.3, -0.25) is 0 Å². The second-order valence-corrected chi connectivity index (χ2v) is 8.04. The summed E-state index contributed by atoms with van der Waals surface area (Å²) in [5.41, 5.74) is 3.91. The first kappa shape index (κ1) is 15.6. The molecule has 0 aliphatic heterocycles. The smallest absolute Gasteiger partial charge is 0.231 e. The topological polar surface area (TPSA) is 35.0 Å². The number of ether oxygens (including phenoxy) is 1. The van der Waals surface area contributed by atoms with Crippen LogP contribution in [0.5, 0.6) is 11.6 Å². The number of aryl methyl sites for hydroxylation is 4. The van der Waals surface area contributed by atoms with Crippen LogP contribution in [0.4, 0.5) is 0 Å². The van der Waals surface area contributed by atoms with Crippen LogP contribution in [0, 0.1) is 26.7 Å². The molecule has 0 unspecified atom stereocenters. The van der Waals surface area contributed by atoms with Gasteiger partial charge in [0.05, 0.1) is 5.39 Å². The maximum absolute atomic E-state index is 6.22. The molecule has 2 heterocycles. The van der Waals surface area contributed by atoms with Crippen molar-refractivity contribution in [2.24, 2.45) is 5.92 Å². The average molecular weight is 338 g/mol. The summed E-state index contributed by atoms with van der Waals surface area (Å²) in [6.45, 7) is 8.49. The Bertz CT molecular complexity index is 929. The SMILES string of the molecule is Cc1nc(Oc2ccc(C)c(C)c2)c2c3c(sc2n1)C[C@@H](C)CC3. The Hall–Kier alpha value is -1.94. The van der Waals surface area contributed by atoms with E-state index in [2.05, 4.69) is 42.9 Å². The molecule has 1 aliphatic rings. The van der Waals surface area contributed by atoms with Crippen LogP contribution >= 0.6 is 11.3 Å². The molecule has 0 fully saturated rings. The fourth-order valence-corrected chi connectivity index (χ4v) is 4.79. The van der Waals surface area contributed by atoms with Crippen LogP contribution in [-0.2, 0) is 12.8 Å². The van der Waals surface area contributed by atoms with E-state index in [1.807, 2.05) is 24.3 Å². The zero-order chi connectivity index (χ0) is 16.8. The molecule has 124 valence electrons. The Labute approximate surface area is 146 Å². The van der Waals surface area contributed by atoms with Crippen molar-refractivity contribution in [3.05, 3.63) is 45.6 Å². The maximum Gasteiger partial charge on any atom is 0.231 e. The zero-order valence-corrected chi connectivity index (χ0v) is 15.5. The predicted molar refractivity (Wildman–Crippen MR) is 99.3 cm³/mol. The summed E-state index contributed by atoms with van der Waals surface area (Å²) in [5, 5.41) is 1.13. The molecule has 4 rings (SSSR count). The first-order valence-corrected chi connectivity index (χ1v) is 9.37. The van der Waals surface area contributed by atoms with Gasteiger partial charge in [-0.2, -0.15) is 4.98 Å². The van der Waals surface area contributed by atoms with Crippen LogP contribution in [-0.4, -0.2) is 9.97 Å². The molecule has 1 atom stereocenters. The van der Waals surface area contributed by atoms with E-state index >= 15 is 0 Å². The molecule has 0 saturated carbocycles. The van der Waals surface area contributed by atoms with Gasteiger partial charge in [-0.15, -0.1) is 11.3 Å². The third-order valence-corrected chi connectivity index (χ3v) is 6.07. The largest absolute Gasteiger partial charge is 0.438 e. The highest BCUT2D eigenvalue weighted by Crippen LogP contribution is 2.41. The van der Waals surface area contributed by atoms with Crippen LogP contribution in [0.25, 0.3) is 10.2 Å². The number of aromatic nitrogens is 2. The van der Waals surface area contributed by atoms with Crippen molar-refractivity contribution < 1.29 is 4.74 Å². The highest BCUT2D eigenvalue weighted by molar-refractivity contribution is 7.18. The molecule has 1 aliphatic carbocycles. The Morgan fingerprint density at radius 2 is 1.96 bits per heavy atom. The molecule has 0 amide bonds. The Morgan fingerprint density at radius 1 is 1.12 bits per heavy atom. The van der Waals surface area contributed by atoms with Crippen LogP contribution in [0.2, 0.25) is 0 Å². The van der Waals surface area contributed by atoms with Crippen molar-refractivity contribution in [1.29, 1.82) is 0 Å². The Morgan fingerprint density at radius 3 is 2.75 bits per heavy atom. The highest BCUT2D eigenvalue weighted by Gasteiger charge is 2.24. The molecule has 0 spiro atoms. The van der Waals surface area contributed by atoms with Crippen molar-refractivity contribution >= 4 is 21.6 Å². The molecular formula is C20H22N2OS. The van der Waals surface area contributed by atoms with Crippen LogP contribution in [0.15, 0.2) is 18.2 Å². The number of rotatable bonds is 2. The van der Waals surface area contributed by atoms with Crippen molar-refractivity contribution in [1.82, 2.24) is 9.97 Å². The molecule has 3 nitrogen and oxygen atoms in total. The number of hydrogen-bond donors (Lipinski definition) is 0. The molecule has 1 aromatic carbocycles. The van der Waals surface area contributed by atoms with Crippen molar-refractivity contribution in [2.75, 3.05) is 0 Å². The fourth-order valence-electron chi connectivity index (χ4n) is 3.37. The highest BCUT2D eigenvalue weighted by atomic mass is 32.1. The molecule has 3 aromatic rings. The van der Waals surface area contributed by atoms with Crippen LogP contribution in [0.3, 0.4) is 0 Å². The van der Waals surface area contributed by atoms with E-state index in [0.717, 1.165) is 40.6 Å². The first-order chi connectivity index (χ1) is 11.5.